The molecule has 1 aromatic rings. The smallest absolute Gasteiger partial charge is 0.326 e. The van der Waals surface area contributed by atoms with Crippen LogP contribution in [0.3, 0.4) is 0 Å². The van der Waals surface area contributed by atoms with Crippen LogP contribution in [0, 0.1) is 0 Å². The molecule has 2 fully saturated rings. The normalized spacial score (nSPS) is 19.6. The molecular formula is C22H32N2O3. The first-order chi connectivity index (χ1) is 13.2. The van der Waals surface area contributed by atoms with E-state index in [4.69, 9.17) is 4.74 Å². The predicted octanol–water partition coefficient (Wildman–Crippen LogP) is 3.82. The van der Waals surface area contributed by atoms with Crippen LogP contribution in [-0.2, 0) is 14.3 Å². The monoisotopic (exact) mass is 372 g/mol. The van der Waals surface area contributed by atoms with Gasteiger partial charge in [-0.1, -0.05) is 50.3 Å². The maximum atomic E-state index is 13.2. The average Bonchev–Trinajstić information content (AvgIpc) is 3.19. The molecule has 27 heavy (non-hydrogen) atoms. The number of hydrogen-bond donors (Lipinski definition) is 1. The highest BCUT2D eigenvalue weighted by Gasteiger charge is 2.43. The number of nitrogens with zero attached hydrogens (tertiary/aromatic N) is 1. The van der Waals surface area contributed by atoms with E-state index in [0.717, 1.165) is 44.2 Å². The van der Waals surface area contributed by atoms with Crippen molar-refractivity contribution in [1.82, 2.24) is 5.32 Å². The van der Waals surface area contributed by atoms with Crippen molar-refractivity contribution in [2.45, 2.75) is 76.3 Å². The SMILES string of the molecule is CCOC(=O)C1(NCC(=O)N(c2ccccc2)C2CCCCC2)CCCC1. The number of nitrogens with one attached hydrogen (secondary N) is 1. The number of carbonyl (C=O) groups excluding carboxylic acids is 2. The summed E-state index contributed by atoms with van der Waals surface area (Å²) in [5, 5.41) is 3.30. The van der Waals surface area contributed by atoms with Crippen LogP contribution in [0.2, 0.25) is 0 Å². The lowest BCUT2D eigenvalue weighted by Crippen LogP contribution is -2.55. The molecule has 0 aliphatic heterocycles. The van der Waals surface area contributed by atoms with Gasteiger partial charge in [-0.2, -0.15) is 0 Å². The molecule has 0 atom stereocenters. The first-order valence-electron chi connectivity index (χ1n) is 10.5. The maximum absolute atomic E-state index is 13.2. The van der Waals surface area contributed by atoms with Crippen LogP contribution in [0.1, 0.15) is 64.7 Å². The van der Waals surface area contributed by atoms with Crippen molar-refractivity contribution in [2.24, 2.45) is 0 Å². The summed E-state index contributed by atoms with van der Waals surface area (Å²) in [5.74, 6) is -0.164. The zero-order valence-electron chi connectivity index (χ0n) is 16.4. The first-order valence-corrected chi connectivity index (χ1v) is 10.5. The van der Waals surface area contributed by atoms with E-state index in [-0.39, 0.29) is 24.5 Å². The van der Waals surface area contributed by atoms with Gasteiger partial charge in [0, 0.05) is 11.7 Å². The van der Waals surface area contributed by atoms with E-state index in [1.54, 1.807) is 0 Å². The number of para-hydroxylation sites is 1. The highest BCUT2D eigenvalue weighted by molar-refractivity contribution is 5.96. The van der Waals surface area contributed by atoms with Crippen LogP contribution in [0.4, 0.5) is 5.69 Å². The summed E-state index contributed by atoms with van der Waals surface area (Å²) in [7, 11) is 0. The molecule has 0 unspecified atom stereocenters. The Morgan fingerprint density at radius 2 is 1.74 bits per heavy atom. The van der Waals surface area contributed by atoms with Crippen LogP contribution < -0.4 is 10.2 Å². The third-order valence-corrected chi connectivity index (χ3v) is 5.94. The zero-order chi connectivity index (χ0) is 19.1. The Morgan fingerprint density at radius 3 is 2.37 bits per heavy atom. The van der Waals surface area contributed by atoms with Gasteiger partial charge in [0.1, 0.15) is 5.54 Å². The molecule has 5 heteroatoms. The molecule has 1 aromatic carbocycles. The summed E-state index contributed by atoms with van der Waals surface area (Å²) in [5.41, 5.74) is 0.258. The standard InChI is InChI=1S/C22H32N2O3/c1-2-27-21(26)22(15-9-10-16-22)23-17-20(25)24(18-11-5-3-6-12-18)19-13-7-4-8-14-19/h3,5-6,11-12,19,23H,2,4,7-10,13-17H2,1H3. The van der Waals surface area contributed by atoms with Crippen molar-refractivity contribution in [3.63, 3.8) is 0 Å². The van der Waals surface area contributed by atoms with E-state index >= 15 is 0 Å². The van der Waals surface area contributed by atoms with Gasteiger partial charge < -0.3 is 9.64 Å². The third-order valence-electron chi connectivity index (χ3n) is 5.94. The van der Waals surface area contributed by atoms with E-state index in [1.807, 2.05) is 42.2 Å². The first kappa shape index (κ1) is 19.9. The van der Waals surface area contributed by atoms with Crippen molar-refractivity contribution in [3.05, 3.63) is 30.3 Å². The predicted molar refractivity (Wildman–Crippen MR) is 107 cm³/mol. The number of rotatable bonds is 7. The van der Waals surface area contributed by atoms with Crippen LogP contribution in [0.25, 0.3) is 0 Å². The molecule has 0 radical (unpaired) electrons. The molecule has 1 N–H and O–H groups in total. The summed E-state index contributed by atoms with van der Waals surface area (Å²) in [6.45, 7) is 2.37. The minimum absolute atomic E-state index is 0.0451. The Morgan fingerprint density at radius 1 is 1.07 bits per heavy atom. The molecule has 0 spiro atoms. The second-order valence-electron chi connectivity index (χ2n) is 7.75. The molecule has 5 nitrogen and oxygen atoms in total. The van der Waals surface area contributed by atoms with Crippen molar-refractivity contribution in [2.75, 3.05) is 18.1 Å². The molecule has 3 rings (SSSR count). The number of carbonyl (C=O) groups is 2. The number of amides is 1. The topological polar surface area (TPSA) is 58.6 Å². The van der Waals surface area contributed by atoms with Crippen LogP contribution >= 0.6 is 0 Å². The number of ether oxygens (including phenoxy) is 1. The van der Waals surface area contributed by atoms with E-state index in [0.29, 0.717) is 6.61 Å². The molecule has 2 aliphatic carbocycles. The Labute approximate surface area is 162 Å². The fourth-order valence-corrected chi connectivity index (χ4v) is 4.52. The highest BCUT2D eigenvalue weighted by atomic mass is 16.5. The van der Waals surface area contributed by atoms with E-state index in [9.17, 15) is 9.59 Å². The number of hydrogen-bond acceptors (Lipinski definition) is 4. The summed E-state index contributed by atoms with van der Waals surface area (Å²) in [6, 6.07) is 10.2. The lowest BCUT2D eigenvalue weighted by atomic mass is 9.93. The van der Waals surface area contributed by atoms with Gasteiger partial charge in [-0.05, 0) is 44.7 Å². The maximum Gasteiger partial charge on any atom is 0.326 e. The summed E-state index contributed by atoms with van der Waals surface area (Å²) >= 11 is 0. The van der Waals surface area contributed by atoms with E-state index in [1.165, 1.54) is 19.3 Å². The van der Waals surface area contributed by atoms with Gasteiger partial charge in [-0.3, -0.25) is 14.9 Å². The fraction of sp³-hybridized carbons (Fsp3) is 0.636. The molecule has 0 heterocycles. The summed E-state index contributed by atoms with van der Waals surface area (Å²) in [6.07, 6.45) is 9.14. The lowest BCUT2D eigenvalue weighted by Gasteiger charge is -2.36. The molecule has 2 aliphatic rings. The van der Waals surface area contributed by atoms with Gasteiger partial charge in [0.05, 0.1) is 13.2 Å². The van der Waals surface area contributed by atoms with Gasteiger partial charge in [-0.15, -0.1) is 0 Å². The molecule has 0 bridgehead atoms. The fourth-order valence-electron chi connectivity index (χ4n) is 4.52. The molecular weight excluding hydrogens is 340 g/mol. The summed E-state index contributed by atoms with van der Waals surface area (Å²) in [4.78, 5) is 27.7. The molecule has 0 aromatic heterocycles. The average molecular weight is 373 g/mol. The van der Waals surface area contributed by atoms with Gasteiger partial charge in [0.15, 0.2) is 0 Å². The van der Waals surface area contributed by atoms with Crippen molar-refractivity contribution in [3.8, 4) is 0 Å². The molecule has 1 amide bonds. The Bertz CT molecular complexity index is 620. The number of benzene rings is 1. The number of esters is 1. The molecule has 0 saturated heterocycles. The van der Waals surface area contributed by atoms with Crippen molar-refractivity contribution < 1.29 is 14.3 Å². The lowest BCUT2D eigenvalue weighted by molar-refractivity contribution is -0.151. The van der Waals surface area contributed by atoms with Crippen LogP contribution in [0.15, 0.2) is 30.3 Å². The Kier molecular flexibility index (Phi) is 6.89. The molecule has 2 saturated carbocycles. The Balaban J connectivity index is 1.73. The Hall–Kier alpha value is -1.88. The number of anilines is 1. The zero-order valence-corrected chi connectivity index (χ0v) is 16.4. The quantitative estimate of drug-likeness (QED) is 0.739. The van der Waals surface area contributed by atoms with Crippen LogP contribution in [0.5, 0.6) is 0 Å². The van der Waals surface area contributed by atoms with Gasteiger partial charge in [0.25, 0.3) is 0 Å². The van der Waals surface area contributed by atoms with Gasteiger partial charge in [0.2, 0.25) is 5.91 Å². The molecule has 148 valence electrons. The van der Waals surface area contributed by atoms with Gasteiger partial charge >= 0.3 is 5.97 Å². The third kappa shape index (κ3) is 4.70. The minimum atomic E-state index is -0.694. The second kappa shape index (κ2) is 9.36. The van der Waals surface area contributed by atoms with E-state index < -0.39 is 5.54 Å². The van der Waals surface area contributed by atoms with Gasteiger partial charge in [-0.25, -0.2) is 0 Å². The van der Waals surface area contributed by atoms with Crippen molar-refractivity contribution in [1.29, 1.82) is 0 Å². The minimum Gasteiger partial charge on any atom is -0.465 e. The summed E-state index contributed by atoms with van der Waals surface area (Å²) < 4.78 is 5.30. The largest absolute Gasteiger partial charge is 0.465 e. The highest BCUT2D eigenvalue weighted by Crippen LogP contribution is 2.31. The van der Waals surface area contributed by atoms with E-state index in [2.05, 4.69) is 5.32 Å². The second-order valence-corrected chi connectivity index (χ2v) is 7.75. The van der Waals surface area contributed by atoms with Crippen molar-refractivity contribution >= 4 is 17.6 Å². The van der Waals surface area contributed by atoms with Crippen LogP contribution in [-0.4, -0.2) is 36.6 Å².